The van der Waals surface area contributed by atoms with Gasteiger partial charge in [0.05, 0.1) is 11.8 Å². The average Bonchev–Trinajstić information content (AvgIpc) is 2.62. The van der Waals surface area contributed by atoms with Gasteiger partial charge in [-0.2, -0.15) is 0 Å². The number of benzene rings is 2. The Hall–Kier alpha value is -1.68. The van der Waals surface area contributed by atoms with Crippen LogP contribution in [-0.4, -0.2) is 30.1 Å². The highest BCUT2D eigenvalue weighted by atomic mass is 127. The Balaban J connectivity index is 2.03. The standard InChI is InChI=1S/C18H19FINO4S/c19-17-9-5-4-8-15(17)10-16(12-26(23,24)13-20)21-18(22)25-11-14-6-2-1-3-7-14/h1-9,16H,10-13H2,(H,21,22)/t16-/m1/s1. The Labute approximate surface area is 166 Å². The Bertz CT molecular complexity index is 830. The van der Waals surface area contributed by atoms with Crippen molar-refractivity contribution in [2.24, 2.45) is 0 Å². The largest absolute Gasteiger partial charge is 0.445 e. The number of hydrogen-bond donors (Lipinski definition) is 1. The number of ether oxygens (including phenoxy) is 1. The predicted molar refractivity (Wildman–Crippen MR) is 106 cm³/mol. The zero-order chi connectivity index (χ0) is 19.0. The fraction of sp³-hybridized carbons (Fsp3) is 0.278. The number of carbonyl (C=O) groups excluding carboxylic acids is 1. The van der Waals surface area contributed by atoms with Crippen LogP contribution in [0.3, 0.4) is 0 Å². The molecular weight excluding hydrogens is 472 g/mol. The molecule has 1 atom stereocenters. The van der Waals surface area contributed by atoms with E-state index >= 15 is 0 Å². The second-order valence-electron chi connectivity index (χ2n) is 5.72. The zero-order valence-corrected chi connectivity index (χ0v) is 16.9. The van der Waals surface area contributed by atoms with Crippen LogP contribution in [0.15, 0.2) is 54.6 Å². The highest BCUT2D eigenvalue weighted by Gasteiger charge is 2.22. The van der Waals surface area contributed by atoms with Crippen LogP contribution in [0.2, 0.25) is 0 Å². The first-order chi connectivity index (χ1) is 12.4. The first-order valence-electron chi connectivity index (χ1n) is 7.86. The Kier molecular flexibility index (Phi) is 7.83. The van der Waals surface area contributed by atoms with Crippen LogP contribution in [0.4, 0.5) is 9.18 Å². The summed E-state index contributed by atoms with van der Waals surface area (Å²) in [5.41, 5.74) is 1.15. The van der Waals surface area contributed by atoms with Gasteiger partial charge in [0, 0.05) is 0 Å². The first kappa shape index (κ1) is 20.6. The summed E-state index contributed by atoms with van der Waals surface area (Å²) in [4.78, 5) is 12.1. The summed E-state index contributed by atoms with van der Waals surface area (Å²) >= 11 is 1.75. The average molecular weight is 491 g/mol. The van der Waals surface area contributed by atoms with Gasteiger partial charge in [-0.3, -0.25) is 0 Å². The number of alkyl carbamates (subject to hydrolysis) is 1. The molecule has 0 aliphatic heterocycles. The van der Waals surface area contributed by atoms with E-state index in [0.29, 0.717) is 5.56 Å². The van der Waals surface area contributed by atoms with Crippen molar-refractivity contribution >= 4 is 38.5 Å². The number of carbonyl (C=O) groups is 1. The molecule has 0 bridgehead atoms. The van der Waals surface area contributed by atoms with E-state index in [2.05, 4.69) is 5.32 Å². The summed E-state index contributed by atoms with van der Waals surface area (Å²) in [7, 11) is -3.37. The van der Waals surface area contributed by atoms with Crippen molar-refractivity contribution in [1.82, 2.24) is 5.32 Å². The lowest BCUT2D eigenvalue weighted by Crippen LogP contribution is -2.42. The van der Waals surface area contributed by atoms with E-state index in [-0.39, 0.29) is 22.5 Å². The predicted octanol–water partition coefficient (Wildman–Crippen LogP) is 3.47. The van der Waals surface area contributed by atoms with Gasteiger partial charge in [0.2, 0.25) is 0 Å². The van der Waals surface area contributed by atoms with Crippen molar-refractivity contribution in [2.45, 2.75) is 19.1 Å². The second-order valence-corrected chi connectivity index (χ2v) is 9.63. The summed E-state index contributed by atoms with van der Waals surface area (Å²) in [5.74, 6) is -0.728. The number of alkyl halides is 1. The number of rotatable bonds is 8. The number of nitrogens with one attached hydrogen (secondary N) is 1. The van der Waals surface area contributed by atoms with E-state index < -0.39 is 27.8 Å². The number of sulfone groups is 1. The molecule has 0 aliphatic rings. The second kappa shape index (κ2) is 9.86. The van der Waals surface area contributed by atoms with Gasteiger partial charge >= 0.3 is 6.09 Å². The minimum absolute atomic E-state index is 0.0585. The van der Waals surface area contributed by atoms with Crippen LogP contribution >= 0.6 is 22.6 Å². The van der Waals surface area contributed by atoms with Gasteiger partial charge in [-0.25, -0.2) is 17.6 Å². The Morgan fingerprint density at radius 2 is 1.77 bits per heavy atom. The summed E-state index contributed by atoms with van der Waals surface area (Å²) < 4.78 is 42.8. The van der Waals surface area contributed by atoms with E-state index in [1.807, 2.05) is 30.3 Å². The summed E-state index contributed by atoms with van der Waals surface area (Å²) in [6.07, 6.45) is -0.679. The van der Waals surface area contributed by atoms with Gasteiger partial charge < -0.3 is 10.1 Å². The van der Waals surface area contributed by atoms with Crippen LogP contribution in [0, 0.1) is 5.82 Å². The number of hydrogen-bond acceptors (Lipinski definition) is 4. The third-order valence-corrected chi connectivity index (χ3v) is 7.67. The zero-order valence-electron chi connectivity index (χ0n) is 13.9. The quantitative estimate of drug-likeness (QED) is 0.454. The molecule has 0 aromatic heterocycles. The molecule has 140 valence electrons. The molecule has 5 nitrogen and oxygen atoms in total. The molecule has 0 saturated heterocycles. The molecule has 0 spiro atoms. The summed E-state index contributed by atoms with van der Waals surface area (Å²) in [6.45, 7) is 0.0676. The molecule has 1 amide bonds. The summed E-state index contributed by atoms with van der Waals surface area (Å²) in [6, 6.07) is 14.4. The number of halogens is 2. The highest BCUT2D eigenvalue weighted by Crippen LogP contribution is 2.12. The van der Waals surface area contributed by atoms with Crippen molar-refractivity contribution < 1.29 is 22.3 Å². The fourth-order valence-corrected chi connectivity index (χ4v) is 4.03. The van der Waals surface area contributed by atoms with Gasteiger partial charge in [-0.05, 0) is 23.6 Å². The van der Waals surface area contributed by atoms with E-state index in [4.69, 9.17) is 4.74 Å². The van der Waals surface area contributed by atoms with Crippen LogP contribution in [0.5, 0.6) is 0 Å². The molecule has 0 heterocycles. The van der Waals surface area contributed by atoms with Gasteiger partial charge in [-0.15, -0.1) is 0 Å². The molecule has 0 radical (unpaired) electrons. The molecular formula is C18H19FINO4S. The van der Waals surface area contributed by atoms with E-state index in [9.17, 15) is 17.6 Å². The van der Waals surface area contributed by atoms with Crippen LogP contribution in [0.1, 0.15) is 11.1 Å². The minimum Gasteiger partial charge on any atom is -0.445 e. The molecule has 0 unspecified atom stereocenters. The maximum Gasteiger partial charge on any atom is 0.407 e. The van der Waals surface area contributed by atoms with Gasteiger partial charge in [0.1, 0.15) is 16.2 Å². The van der Waals surface area contributed by atoms with Crippen molar-refractivity contribution in [3.8, 4) is 0 Å². The maximum atomic E-state index is 13.9. The fourth-order valence-electron chi connectivity index (χ4n) is 2.36. The van der Waals surface area contributed by atoms with E-state index in [1.165, 1.54) is 6.07 Å². The molecule has 2 aromatic carbocycles. The van der Waals surface area contributed by atoms with Crippen LogP contribution in [0.25, 0.3) is 0 Å². The maximum absolute atomic E-state index is 13.9. The van der Waals surface area contributed by atoms with Crippen molar-refractivity contribution in [1.29, 1.82) is 0 Å². The SMILES string of the molecule is O=C(N[C@H](Cc1ccccc1F)CS(=O)(=O)CI)OCc1ccccc1. The monoisotopic (exact) mass is 491 g/mol. The molecule has 26 heavy (non-hydrogen) atoms. The molecule has 0 fully saturated rings. The smallest absolute Gasteiger partial charge is 0.407 e. The lowest BCUT2D eigenvalue weighted by Gasteiger charge is -2.18. The molecule has 2 aromatic rings. The minimum atomic E-state index is -3.37. The molecule has 0 saturated carbocycles. The first-order valence-corrected chi connectivity index (χ1v) is 11.2. The Morgan fingerprint density at radius 3 is 2.42 bits per heavy atom. The molecule has 2 rings (SSSR count). The van der Waals surface area contributed by atoms with Crippen LogP contribution < -0.4 is 5.32 Å². The third-order valence-electron chi connectivity index (χ3n) is 3.58. The summed E-state index contributed by atoms with van der Waals surface area (Å²) in [5, 5.41) is 2.54. The molecule has 1 N–H and O–H groups in total. The van der Waals surface area contributed by atoms with Crippen molar-refractivity contribution in [3.05, 3.63) is 71.5 Å². The lowest BCUT2D eigenvalue weighted by atomic mass is 10.1. The normalized spacial score (nSPS) is 12.4. The van der Waals surface area contributed by atoms with Crippen LogP contribution in [-0.2, 0) is 27.6 Å². The molecule has 8 heteroatoms. The topological polar surface area (TPSA) is 72.5 Å². The lowest BCUT2D eigenvalue weighted by molar-refractivity contribution is 0.136. The van der Waals surface area contributed by atoms with Crippen molar-refractivity contribution in [2.75, 3.05) is 9.51 Å². The van der Waals surface area contributed by atoms with Crippen molar-refractivity contribution in [3.63, 3.8) is 0 Å². The van der Waals surface area contributed by atoms with E-state index in [1.54, 1.807) is 40.8 Å². The van der Waals surface area contributed by atoms with Gasteiger partial charge in [-0.1, -0.05) is 71.1 Å². The third kappa shape index (κ3) is 6.91. The Morgan fingerprint density at radius 1 is 1.12 bits per heavy atom. The highest BCUT2D eigenvalue weighted by molar-refractivity contribution is 14.1. The van der Waals surface area contributed by atoms with Gasteiger partial charge in [0.15, 0.2) is 9.84 Å². The number of amides is 1. The van der Waals surface area contributed by atoms with E-state index in [0.717, 1.165) is 5.56 Å². The van der Waals surface area contributed by atoms with Gasteiger partial charge in [0.25, 0.3) is 0 Å². The molecule has 0 aliphatic carbocycles.